The lowest BCUT2D eigenvalue weighted by atomic mass is 10.3. The number of aromatic nitrogens is 2. The second kappa shape index (κ2) is 4.65. The second-order valence-electron chi connectivity index (χ2n) is 2.74. The normalized spacial score (nSPS) is 10.7. The molecule has 0 aliphatic heterocycles. The Hall–Kier alpha value is -2.05. The van der Waals surface area contributed by atoms with Gasteiger partial charge in [-0.25, -0.2) is 4.79 Å². The molecule has 0 atom stereocenters. The van der Waals surface area contributed by atoms with Gasteiger partial charge in [-0.2, -0.15) is 13.2 Å². The maximum absolute atomic E-state index is 10.6. The minimum Gasteiger partial charge on any atom is -0.475 e. The molecule has 16 heavy (non-hydrogen) atoms. The van der Waals surface area contributed by atoms with E-state index in [1.165, 1.54) is 0 Å². The van der Waals surface area contributed by atoms with Gasteiger partial charge in [0.05, 0.1) is 0 Å². The summed E-state index contributed by atoms with van der Waals surface area (Å²) in [5.74, 6) is -2.76. The summed E-state index contributed by atoms with van der Waals surface area (Å²) in [6.07, 6.45) is 0.441. The number of carboxylic acid groups (broad SMARTS) is 1. The predicted octanol–water partition coefficient (Wildman–Crippen LogP) is 2.20. The molecule has 0 radical (unpaired) electrons. The van der Waals surface area contributed by atoms with Gasteiger partial charge in [-0.3, -0.25) is 4.98 Å². The molecule has 2 rings (SSSR count). The zero-order valence-corrected chi connectivity index (χ0v) is 7.82. The Kier molecular flexibility index (Phi) is 3.49. The molecule has 2 aromatic rings. The highest BCUT2D eigenvalue weighted by molar-refractivity contribution is 5.77. The molecule has 0 spiro atoms. The van der Waals surface area contributed by atoms with E-state index < -0.39 is 12.1 Å². The topological polar surface area (TPSA) is 66.0 Å². The first-order valence-electron chi connectivity index (χ1n) is 4.08. The summed E-state index contributed by atoms with van der Waals surface area (Å²) in [6, 6.07) is 3.96. The Labute approximate surface area is 87.7 Å². The first-order valence-corrected chi connectivity index (χ1v) is 4.08. The van der Waals surface area contributed by atoms with Gasteiger partial charge < -0.3 is 10.1 Å². The van der Waals surface area contributed by atoms with Crippen molar-refractivity contribution in [2.45, 2.75) is 6.18 Å². The third-order valence-electron chi connectivity index (χ3n) is 1.60. The highest BCUT2D eigenvalue weighted by atomic mass is 19.4. The molecule has 0 fully saturated rings. The zero-order chi connectivity index (χ0) is 12.2. The van der Waals surface area contributed by atoms with E-state index in [2.05, 4.69) is 9.97 Å². The lowest BCUT2D eigenvalue weighted by molar-refractivity contribution is -0.192. The van der Waals surface area contributed by atoms with Gasteiger partial charge in [0, 0.05) is 29.5 Å². The minimum absolute atomic E-state index is 1.14. The van der Waals surface area contributed by atoms with Crippen LogP contribution in [0.25, 0.3) is 10.9 Å². The number of carboxylic acids is 1. The molecule has 0 aliphatic rings. The first-order chi connectivity index (χ1) is 7.41. The summed E-state index contributed by atoms with van der Waals surface area (Å²) in [5.41, 5.74) is 1.14. The molecule has 0 amide bonds. The third-order valence-corrected chi connectivity index (χ3v) is 1.60. The number of nitrogens with zero attached hydrogens (tertiary/aromatic N) is 1. The van der Waals surface area contributed by atoms with Gasteiger partial charge in [-0.15, -0.1) is 0 Å². The molecular weight excluding hydrogens is 225 g/mol. The average molecular weight is 232 g/mol. The van der Waals surface area contributed by atoms with E-state index >= 15 is 0 Å². The summed E-state index contributed by atoms with van der Waals surface area (Å²) >= 11 is 0. The molecule has 86 valence electrons. The second-order valence-corrected chi connectivity index (χ2v) is 2.74. The van der Waals surface area contributed by atoms with Crippen LogP contribution in [0.2, 0.25) is 0 Å². The van der Waals surface area contributed by atoms with Crippen LogP contribution >= 0.6 is 0 Å². The third kappa shape index (κ3) is 3.26. The summed E-state index contributed by atoms with van der Waals surface area (Å²) in [6.45, 7) is 0. The van der Waals surface area contributed by atoms with Crippen LogP contribution in [0, 0.1) is 0 Å². The van der Waals surface area contributed by atoms with E-state index in [0.29, 0.717) is 0 Å². The molecule has 0 unspecified atom stereocenters. The largest absolute Gasteiger partial charge is 0.490 e. The molecule has 4 nitrogen and oxygen atoms in total. The number of fused-ring (bicyclic) bond motifs is 1. The standard InChI is InChI=1S/C7H6N2.C2HF3O2/c1-4-9-7-2-3-8-5-6(1)7;3-2(4,5)1(6)7/h1-5,9H;(H,6,7). The maximum Gasteiger partial charge on any atom is 0.490 e. The van der Waals surface area contributed by atoms with Crippen LogP contribution in [0.15, 0.2) is 30.7 Å². The first kappa shape index (κ1) is 12.0. The molecule has 0 saturated heterocycles. The number of H-pyrrole nitrogens is 1. The van der Waals surface area contributed by atoms with Crippen molar-refractivity contribution in [3.63, 3.8) is 0 Å². The number of aliphatic carboxylic acids is 1. The smallest absolute Gasteiger partial charge is 0.475 e. The lowest BCUT2D eigenvalue weighted by Crippen LogP contribution is -2.21. The van der Waals surface area contributed by atoms with Crippen molar-refractivity contribution in [2.24, 2.45) is 0 Å². The van der Waals surface area contributed by atoms with E-state index in [0.717, 1.165) is 10.9 Å². The summed E-state index contributed by atoms with van der Waals surface area (Å²) in [5, 5.41) is 8.29. The van der Waals surface area contributed by atoms with Crippen molar-refractivity contribution in [1.82, 2.24) is 9.97 Å². The summed E-state index contributed by atoms with van der Waals surface area (Å²) in [7, 11) is 0. The van der Waals surface area contributed by atoms with Crippen LogP contribution in [0.5, 0.6) is 0 Å². The van der Waals surface area contributed by atoms with Crippen LogP contribution in [0.1, 0.15) is 0 Å². The Balaban J connectivity index is 0.000000168. The Morgan fingerprint density at radius 1 is 1.38 bits per heavy atom. The minimum atomic E-state index is -5.08. The number of pyridine rings is 1. The molecule has 0 aliphatic carbocycles. The van der Waals surface area contributed by atoms with Crippen molar-refractivity contribution in [2.75, 3.05) is 0 Å². The van der Waals surface area contributed by atoms with Gasteiger partial charge in [-0.05, 0) is 12.1 Å². The van der Waals surface area contributed by atoms with Gasteiger partial charge in [-0.1, -0.05) is 0 Å². The molecule has 0 bridgehead atoms. The van der Waals surface area contributed by atoms with Crippen LogP contribution in [0.4, 0.5) is 13.2 Å². The number of nitrogens with one attached hydrogen (secondary N) is 1. The quantitative estimate of drug-likeness (QED) is 0.731. The number of rotatable bonds is 0. The van der Waals surface area contributed by atoms with Gasteiger partial charge in [0.2, 0.25) is 0 Å². The maximum atomic E-state index is 10.6. The van der Waals surface area contributed by atoms with Crippen LogP contribution < -0.4 is 0 Å². The number of halogens is 3. The zero-order valence-electron chi connectivity index (χ0n) is 7.82. The van der Waals surface area contributed by atoms with Gasteiger partial charge in [0.1, 0.15) is 0 Å². The number of carbonyl (C=O) groups is 1. The Morgan fingerprint density at radius 2 is 2.00 bits per heavy atom. The Bertz CT molecular complexity index is 449. The molecule has 7 heteroatoms. The van der Waals surface area contributed by atoms with E-state index in [1.807, 2.05) is 24.5 Å². The highest BCUT2D eigenvalue weighted by Gasteiger charge is 2.38. The molecule has 2 aromatic heterocycles. The van der Waals surface area contributed by atoms with Crippen molar-refractivity contribution in [1.29, 1.82) is 0 Å². The lowest BCUT2D eigenvalue weighted by Gasteiger charge is -1.93. The van der Waals surface area contributed by atoms with E-state index in [9.17, 15) is 13.2 Å². The average Bonchev–Trinajstić information content (AvgIpc) is 2.64. The molecule has 0 aromatic carbocycles. The number of hydrogen-bond donors (Lipinski definition) is 2. The van der Waals surface area contributed by atoms with Crippen LogP contribution in [-0.4, -0.2) is 27.2 Å². The van der Waals surface area contributed by atoms with Gasteiger partial charge in [0.15, 0.2) is 0 Å². The van der Waals surface area contributed by atoms with E-state index in [1.54, 1.807) is 6.20 Å². The van der Waals surface area contributed by atoms with Crippen molar-refractivity contribution in [3.8, 4) is 0 Å². The Morgan fingerprint density at radius 3 is 2.50 bits per heavy atom. The van der Waals surface area contributed by atoms with E-state index in [4.69, 9.17) is 9.90 Å². The number of aromatic amines is 1. The van der Waals surface area contributed by atoms with Crippen molar-refractivity contribution in [3.05, 3.63) is 30.7 Å². The fraction of sp³-hybridized carbons (Fsp3) is 0.111. The fourth-order valence-corrected chi connectivity index (χ4v) is 0.892. The summed E-state index contributed by atoms with van der Waals surface area (Å²) in [4.78, 5) is 15.9. The monoisotopic (exact) mass is 232 g/mol. The fourth-order valence-electron chi connectivity index (χ4n) is 0.892. The SMILES string of the molecule is O=C(O)C(F)(F)F.c1cc2[nH]ccc2cn1. The van der Waals surface area contributed by atoms with Crippen molar-refractivity contribution < 1.29 is 23.1 Å². The molecular formula is C9H7F3N2O2. The number of hydrogen-bond acceptors (Lipinski definition) is 2. The van der Waals surface area contributed by atoms with Gasteiger partial charge >= 0.3 is 12.1 Å². The highest BCUT2D eigenvalue weighted by Crippen LogP contribution is 2.13. The molecule has 0 saturated carbocycles. The van der Waals surface area contributed by atoms with Crippen molar-refractivity contribution >= 4 is 16.9 Å². The van der Waals surface area contributed by atoms with Gasteiger partial charge in [0.25, 0.3) is 0 Å². The molecule has 2 heterocycles. The number of alkyl halides is 3. The van der Waals surface area contributed by atoms with Crippen LogP contribution in [0.3, 0.4) is 0 Å². The van der Waals surface area contributed by atoms with E-state index in [-0.39, 0.29) is 0 Å². The molecule has 2 N–H and O–H groups in total. The predicted molar refractivity (Wildman–Crippen MR) is 49.8 cm³/mol. The van der Waals surface area contributed by atoms with Crippen LogP contribution in [-0.2, 0) is 4.79 Å². The summed E-state index contributed by atoms with van der Waals surface area (Å²) < 4.78 is 31.7.